The highest BCUT2D eigenvalue weighted by Gasteiger charge is 2.24. The van der Waals surface area contributed by atoms with Crippen LogP contribution in [-0.4, -0.2) is 44.4 Å². The van der Waals surface area contributed by atoms with Gasteiger partial charge in [0.25, 0.3) is 0 Å². The zero-order chi connectivity index (χ0) is 22.1. The minimum absolute atomic E-state index is 0.205. The monoisotopic (exact) mass is 421 g/mol. The highest BCUT2D eigenvalue weighted by atomic mass is 16.7. The lowest BCUT2D eigenvalue weighted by molar-refractivity contribution is -0.175. The Bertz CT molecular complexity index is 748. The van der Waals surface area contributed by atoms with E-state index in [4.69, 9.17) is 14.2 Å². The third kappa shape index (κ3) is 7.24. The molecule has 1 aliphatic carbocycles. The predicted molar refractivity (Wildman–Crippen MR) is 109 cm³/mol. The normalized spacial score (nSPS) is 14.1. The van der Waals surface area contributed by atoms with Crippen molar-refractivity contribution in [2.75, 3.05) is 20.4 Å². The largest absolute Gasteiger partial charge is 0.493 e. The summed E-state index contributed by atoms with van der Waals surface area (Å²) in [5.74, 6) is -1.16. The van der Waals surface area contributed by atoms with Crippen LogP contribution in [0.5, 0.6) is 11.5 Å². The first-order valence-electron chi connectivity index (χ1n) is 10.2. The molecule has 1 aliphatic rings. The fraction of sp³-hybridized carbons (Fsp3) is 0.591. The maximum Gasteiger partial charge on any atom is 0.399 e. The molecule has 0 saturated heterocycles. The maximum absolute atomic E-state index is 11.8. The van der Waals surface area contributed by atoms with E-state index in [0.717, 1.165) is 18.4 Å². The van der Waals surface area contributed by atoms with Crippen LogP contribution >= 0.6 is 0 Å². The van der Waals surface area contributed by atoms with Gasteiger partial charge < -0.3 is 24.3 Å². The summed E-state index contributed by atoms with van der Waals surface area (Å²) in [6.45, 7) is 4.67. The van der Waals surface area contributed by atoms with Crippen molar-refractivity contribution < 1.29 is 33.3 Å². The number of esters is 2. The highest BCUT2D eigenvalue weighted by Crippen LogP contribution is 2.32. The standard InChI is InChI=1S/C22H31NO7/c1-22(2,3)21(26)29-14-28-20(25)19(24)23-12-11-15-9-10-17(27-4)18(13-15)30-16-7-5-6-8-16/h9-10,13,16H,5-8,11-12,14H2,1-4H3,(H,23,24). The third-order valence-electron chi connectivity index (χ3n) is 4.70. The highest BCUT2D eigenvalue weighted by molar-refractivity contribution is 6.32. The molecular formula is C22H31NO7. The lowest BCUT2D eigenvalue weighted by Crippen LogP contribution is -2.35. The molecule has 1 fully saturated rings. The quantitative estimate of drug-likeness (QED) is 0.391. The van der Waals surface area contributed by atoms with Crippen LogP contribution < -0.4 is 14.8 Å². The van der Waals surface area contributed by atoms with Crippen molar-refractivity contribution in [2.45, 2.75) is 59.0 Å². The molecule has 8 nitrogen and oxygen atoms in total. The van der Waals surface area contributed by atoms with E-state index < -0.39 is 30.1 Å². The van der Waals surface area contributed by atoms with Crippen LogP contribution in [0.2, 0.25) is 0 Å². The van der Waals surface area contributed by atoms with Gasteiger partial charge in [0.2, 0.25) is 6.79 Å². The van der Waals surface area contributed by atoms with Crippen molar-refractivity contribution >= 4 is 17.8 Å². The van der Waals surface area contributed by atoms with Gasteiger partial charge in [-0.3, -0.25) is 9.59 Å². The van der Waals surface area contributed by atoms with Crippen LogP contribution in [0.1, 0.15) is 52.0 Å². The van der Waals surface area contributed by atoms with E-state index in [-0.39, 0.29) is 12.6 Å². The van der Waals surface area contributed by atoms with Crippen molar-refractivity contribution in [3.05, 3.63) is 23.8 Å². The molecule has 0 spiro atoms. The molecule has 8 heteroatoms. The van der Waals surface area contributed by atoms with Gasteiger partial charge in [-0.1, -0.05) is 6.07 Å². The minimum atomic E-state index is -1.10. The maximum atomic E-state index is 11.8. The van der Waals surface area contributed by atoms with Crippen molar-refractivity contribution in [3.63, 3.8) is 0 Å². The summed E-state index contributed by atoms with van der Waals surface area (Å²) in [6, 6.07) is 5.61. The number of amides is 1. The van der Waals surface area contributed by atoms with Gasteiger partial charge in [0.05, 0.1) is 18.6 Å². The molecule has 2 rings (SSSR count). The Kier molecular flexibility index (Phi) is 8.50. The van der Waals surface area contributed by atoms with Crippen LogP contribution in [0.4, 0.5) is 0 Å². The first-order valence-corrected chi connectivity index (χ1v) is 10.2. The van der Waals surface area contributed by atoms with Gasteiger partial charge in [0.15, 0.2) is 11.5 Å². The van der Waals surface area contributed by atoms with Crippen molar-refractivity contribution in [2.24, 2.45) is 5.41 Å². The number of hydrogen-bond acceptors (Lipinski definition) is 7. The Balaban J connectivity index is 1.77. The van der Waals surface area contributed by atoms with Gasteiger partial charge >= 0.3 is 17.8 Å². The smallest absolute Gasteiger partial charge is 0.399 e. The third-order valence-corrected chi connectivity index (χ3v) is 4.70. The van der Waals surface area contributed by atoms with Crippen LogP contribution in [0.25, 0.3) is 0 Å². The van der Waals surface area contributed by atoms with Crippen LogP contribution in [0.3, 0.4) is 0 Å². The molecule has 1 amide bonds. The number of methoxy groups -OCH3 is 1. The molecule has 1 aromatic carbocycles. The summed E-state index contributed by atoms with van der Waals surface area (Å²) in [6.07, 6.45) is 5.13. The van der Waals surface area contributed by atoms with E-state index in [1.165, 1.54) is 12.8 Å². The SMILES string of the molecule is COc1ccc(CCNC(=O)C(=O)OCOC(=O)C(C)(C)C)cc1OC1CCCC1. The second-order valence-electron chi connectivity index (χ2n) is 8.25. The minimum Gasteiger partial charge on any atom is -0.493 e. The number of rotatable bonds is 8. The molecular weight excluding hydrogens is 390 g/mol. The first kappa shape index (κ1) is 23.5. The van der Waals surface area contributed by atoms with E-state index in [1.807, 2.05) is 18.2 Å². The zero-order valence-corrected chi connectivity index (χ0v) is 18.1. The number of carbonyl (C=O) groups is 3. The lowest BCUT2D eigenvalue weighted by atomic mass is 9.98. The topological polar surface area (TPSA) is 100 Å². The summed E-state index contributed by atoms with van der Waals surface area (Å²) in [5.41, 5.74) is 0.226. The van der Waals surface area contributed by atoms with Gasteiger partial charge in [-0.2, -0.15) is 0 Å². The Labute approximate surface area is 177 Å². The predicted octanol–water partition coefficient (Wildman–Crippen LogP) is 2.77. The van der Waals surface area contributed by atoms with Gasteiger partial charge in [0, 0.05) is 6.54 Å². The van der Waals surface area contributed by atoms with Gasteiger partial charge in [-0.15, -0.1) is 0 Å². The molecule has 0 radical (unpaired) electrons. The lowest BCUT2D eigenvalue weighted by Gasteiger charge is -2.17. The fourth-order valence-corrected chi connectivity index (χ4v) is 2.97. The van der Waals surface area contributed by atoms with Crippen LogP contribution in [-0.2, 0) is 30.3 Å². The molecule has 0 atom stereocenters. The molecule has 1 saturated carbocycles. The first-order chi connectivity index (χ1) is 14.2. The summed E-state index contributed by atoms with van der Waals surface area (Å²) < 4.78 is 20.9. The van der Waals surface area contributed by atoms with E-state index in [2.05, 4.69) is 10.1 Å². The van der Waals surface area contributed by atoms with Crippen LogP contribution in [0, 0.1) is 5.41 Å². The number of hydrogen-bond donors (Lipinski definition) is 1. The van der Waals surface area contributed by atoms with Gasteiger partial charge in [-0.25, -0.2) is 4.79 Å². The number of nitrogens with one attached hydrogen (secondary N) is 1. The summed E-state index contributed by atoms with van der Waals surface area (Å²) in [5, 5.41) is 2.49. The molecule has 30 heavy (non-hydrogen) atoms. The fourth-order valence-electron chi connectivity index (χ4n) is 2.97. The van der Waals surface area contributed by atoms with E-state index in [1.54, 1.807) is 27.9 Å². The molecule has 0 bridgehead atoms. The average molecular weight is 421 g/mol. The Hall–Kier alpha value is -2.77. The Morgan fingerprint density at radius 2 is 1.77 bits per heavy atom. The number of carbonyl (C=O) groups excluding carboxylic acids is 3. The molecule has 0 heterocycles. The van der Waals surface area contributed by atoms with E-state index >= 15 is 0 Å². The van der Waals surface area contributed by atoms with Gasteiger partial charge in [-0.05, 0) is 70.6 Å². The molecule has 166 valence electrons. The molecule has 0 unspecified atom stereocenters. The molecule has 0 aliphatic heterocycles. The second-order valence-corrected chi connectivity index (χ2v) is 8.25. The Morgan fingerprint density at radius 1 is 1.07 bits per heavy atom. The van der Waals surface area contributed by atoms with Crippen LogP contribution in [0.15, 0.2) is 18.2 Å². The number of benzene rings is 1. The summed E-state index contributed by atoms with van der Waals surface area (Å²) in [7, 11) is 1.60. The van der Waals surface area contributed by atoms with Crippen molar-refractivity contribution in [1.29, 1.82) is 0 Å². The summed E-state index contributed by atoms with van der Waals surface area (Å²) in [4.78, 5) is 35.1. The van der Waals surface area contributed by atoms with E-state index in [0.29, 0.717) is 17.9 Å². The molecule has 0 aromatic heterocycles. The van der Waals surface area contributed by atoms with Crippen molar-refractivity contribution in [3.8, 4) is 11.5 Å². The Morgan fingerprint density at radius 3 is 2.40 bits per heavy atom. The van der Waals surface area contributed by atoms with E-state index in [9.17, 15) is 14.4 Å². The second kappa shape index (κ2) is 10.8. The van der Waals surface area contributed by atoms with Gasteiger partial charge in [0.1, 0.15) is 0 Å². The zero-order valence-electron chi connectivity index (χ0n) is 18.1. The summed E-state index contributed by atoms with van der Waals surface area (Å²) >= 11 is 0. The molecule has 1 N–H and O–H groups in total. The number of ether oxygens (including phenoxy) is 4. The average Bonchev–Trinajstić information content (AvgIpc) is 3.20. The van der Waals surface area contributed by atoms with Crippen molar-refractivity contribution in [1.82, 2.24) is 5.32 Å². The molecule has 1 aromatic rings.